The maximum Gasteiger partial charge on any atom is 1.00 e. The van der Waals surface area contributed by atoms with Gasteiger partial charge >= 0.3 is 29.6 Å². The van der Waals surface area contributed by atoms with Gasteiger partial charge in [-0.1, -0.05) is 44.2 Å². The SMILES string of the molecule is CC(C)c1ccccc1N=Nc1c(O)ccc2cc(S(=O)(=O)[O-])ccc12.[Na+]. The van der Waals surface area contributed by atoms with Crippen molar-refractivity contribution in [3.8, 4) is 5.75 Å². The van der Waals surface area contributed by atoms with E-state index in [1.807, 2.05) is 24.3 Å². The molecule has 0 saturated heterocycles. The zero-order chi connectivity index (χ0) is 18.9. The Morgan fingerprint density at radius 3 is 2.37 bits per heavy atom. The van der Waals surface area contributed by atoms with Crippen molar-refractivity contribution in [1.82, 2.24) is 0 Å². The Morgan fingerprint density at radius 1 is 1.00 bits per heavy atom. The van der Waals surface area contributed by atoms with Crippen LogP contribution in [0, 0.1) is 0 Å². The van der Waals surface area contributed by atoms with Crippen LogP contribution in [-0.4, -0.2) is 18.1 Å². The average Bonchev–Trinajstić information content (AvgIpc) is 2.60. The number of benzene rings is 3. The van der Waals surface area contributed by atoms with Crippen LogP contribution in [-0.2, 0) is 10.1 Å². The molecule has 0 radical (unpaired) electrons. The monoisotopic (exact) mass is 392 g/mol. The number of nitrogens with zero attached hydrogens (tertiary/aromatic N) is 2. The van der Waals surface area contributed by atoms with Gasteiger partial charge in [-0.2, -0.15) is 5.11 Å². The van der Waals surface area contributed by atoms with E-state index in [0.29, 0.717) is 16.5 Å². The van der Waals surface area contributed by atoms with Gasteiger partial charge in [0.25, 0.3) is 0 Å². The first-order valence-corrected chi connectivity index (χ1v) is 9.40. The Bertz CT molecular complexity index is 1110. The first-order chi connectivity index (χ1) is 12.3. The van der Waals surface area contributed by atoms with Crippen molar-refractivity contribution in [3.63, 3.8) is 0 Å². The summed E-state index contributed by atoms with van der Waals surface area (Å²) >= 11 is 0. The van der Waals surface area contributed by atoms with Crippen molar-refractivity contribution in [2.24, 2.45) is 10.2 Å². The van der Waals surface area contributed by atoms with Crippen LogP contribution in [0.1, 0.15) is 25.3 Å². The molecule has 0 aliphatic carbocycles. The first-order valence-electron chi connectivity index (χ1n) is 7.99. The van der Waals surface area contributed by atoms with Gasteiger partial charge in [-0.15, -0.1) is 5.11 Å². The largest absolute Gasteiger partial charge is 1.00 e. The average molecular weight is 392 g/mol. The van der Waals surface area contributed by atoms with E-state index in [2.05, 4.69) is 24.1 Å². The van der Waals surface area contributed by atoms with Gasteiger partial charge in [-0.3, -0.25) is 0 Å². The number of aromatic hydroxyl groups is 1. The molecule has 0 aromatic heterocycles. The molecule has 1 N–H and O–H groups in total. The molecule has 0 spiro atoms. The van der Waals surface area contributed by atoms with Gasteiger partial charge in [0.15, 0.2) is 0 Å². The van der Waals surface area contributed by atoms with E-state index in [9.17, 15) is 18.1 Å². The molecule has 0 unspecified atom stereocenters. The summed E-state index contributed by atoms with van der Waals surface area (Å²) in [7, 11) is -4.55. The van der Waals surface area contributed by atoms with E-state index in [1.165, 1.54) is 30.3 Å². The van der Waals surface area contributed by atoms with Gasteiger partial charge in [0.1, 0.15) is 21.6 Å². The van der Waals surface area contributed by atoms with E-state index in [4.69, 9.17) is 0 Å². The minimum Gasteiger partial charge on any atom is -0.744 e. The molecule has 6 nitrogen and oxygen atoms in total. The van der Waals surface area contributed by atoms with Crippen LogP contribution in [0.4, 0.5) is 11.4 Å². The van der Waals surface area contributed by atoms with Crippen LogP contribution in [0.25, 0.3) is 10.8 Å². The second-order valence-electron chi connectivity index (χ2n) is 6.18. The number of azo groups is 1. The molecular formula is C19H17N2NaO4S. The third-order valence-corrected chi connectivity index (χ3v) is 4.88. The van der Waals surface area contributed by atoms with Gasteiger partial charge in [-0.25, -0.2) is 8.42 Å². The number of fused-ring (bicyclic) bond motifs is 1. The molecule has 0 bridgehead atoms. The van der Waals surface area contributed by atoms with E-state index in [1.54, 1.807) is 0 Å². The molecule has 3 rings (SSSR count). The molecule has 0 atom stereocenters. The standard InChI is InChI=1S/C19H18N2O4S.Na/c1-12(2)15-5-3-4-6-17(15)20-21-19-16-9-8-14(26(23,24)25)11-13(16)7-10-18(19)22;/h3-12,22H,1-2H3,(H,23,24,25);/q;+1/p-1. The van der Waals surface area contributed by atoms with E-state index < -0.39 is 10.1 Å². The first kappa shape index (κ1) is 21.5. The third-order valence-electron chi connectivity index (χ3n) is 4.05. The third kappa shape index (κ3) is 4.75. The molecule has 134 valence electrons. The topological polar surface area (TPSA) is 102 Å². The Hall–Kier alpha value is -1.77. The maximum absolute atomic E-state index is 11.2. The summed E-state index contributed by atoms with van der Waals surface area (Å²) in [6.07, 6.45) is 0. The Morgan fingerprint density at radius 2 is 1.70 bits per heavy atom. The molecule has 0 heterocycles. The van der Waals surface area contributed by atoms with Crippen molar-refractivity contribution < 1.29 is 47.6 Å². The van der Waals surface area contributed by atoms with Crippen LogP contribution in [0.5, 0.6) is 5.75 Å². The zero-order valence-corrected chi connectivity index (χ0v) is 18.1. The zero-order valence-electron chi connectivity index (χ0n) is 15.2. The quantitative estimate of drug-likeness (QED) is 0.417. The fraction of sp³-hybridized carbons (Fsp3) is 0.158. The number of hydrogen-bond acceptors (Lipinski definition) is 6. The summed E-state index contributed by atoms with van der Waals surface area (Å²) in [5, 5.41) is 19.6. The second-order valence-corrected chi connectivity index (χ2v) is 7.56. The second kappa shape index (κ2) is 8.50. The molecule has 0 aliphatic heterocycles. The summed E-state index contributed by atoms with van der Waals surface area (Å²) in [6.45, 7) is 4.10. The number of hydrogen-bond donors (Lipinski definition) is 1. The van der Waals surface area contributed by atoms with Crippen LogP contribution in [0.15, 0.2) is 69.7 Å². The molecular weight excluding hydrogens is 375 g/mol. The van der Waals surface area contributed by atoms with Gasteiger partial charge in [-0.05, 0) is 41.1 Å². The number of rotatable bonds is 4. The molecule has 0 amide bonds. The molecule has 27 heavy (non-hydrogen) atoms. The number of phenolic OH excluding ortho intramolecular Hbond substituents is 1. The van der Waals surface area contributed by atoms with Gasteiger partial charge in [0, 0.05) is 5.39 Å². The van der Waals surface area contributed by atoms with E-state index in [0.717, 1.165) is 5.56 Å². The summed E-state index contributed by atoms with van der Waals surface area (Å²) < 4.78 is 33.6. The molecule has 0 aliphatic rings. The molecule has 8 heteroatoms. The maximum atomic E-state index is 11.2. The van der Waals surface area contributed by atoms with E-state index in [-0.39, 0.29) is 51.8 Å². The summed E-state index contributed by atoms with van der Waals surface area (Å²) in [6, 6.07) is 14.4. The minimum absolute atomic E-state index is 0. The van der Waals surface area contributed by atoms with Crippen molar-refractivity contribution in [1.29, 1.82) is 0 Å². The Kier molecular flexibility index (Phi) is 6.77. The van der Waals surface area contributed by atoms with Crippen LogP contribution in [0.2, 0.25) is 0 Å². The van der Waals surface area contributed by atoms with Crippen molar-refractivity contribution >= 4 is 32.3 Å². The fourth-order valence-corrected chi connectivity index (χ4v) is 3.22. The summed E-state index contributed by atoms with van der Waals surface area (Å²) in [5.41, 5.74) is 1.93. The minimum atomic E-state index is -4.55. The smallest absolute Gasteiger partial charge is 0.744 e. The van der Waals surface area contributed by atoms with Gasteiger partial charge in [0.05, 0.1) is 10.6 Å². The van der Waals surface area contributed by atoms with Crippen molar-refractivity contribution in [2.75, 3.05) is 0 Å². The molecule has 0 saturated carbocycles. The molecule has 3 aromatic carbocycles. The summed E-state index contributed by atoms with van der Waals surface area (Å²) in [5.74, 6) is 0.178. The van der Waals surface area contributed by atoms with Crippen LogP contribution >= 0.6 is 0 Å². The van der Waals surface area contributed by atoms with Crippen molar-refractivity contribution in [3.05, 3.63) is 60.2 Å². The molecule has 0 fully saturated rings. The van der Waals surface area contributed by atoms with Gasteiger partial charge < -0.3 is 9.66 Å². The summed E-state index contributed by atoms with van der Waals surface area (Å²) in [4.78, 5) is -0.330. The van der Waals surface area contributed by atoms with Crippen molar-refractivity contribution in [2.45, 2.75) is 24.7 Å². The predicted octanol–water partition coefficient (Wildman–Crippen LogP) is 1.99. The predicted molar refractivity (Wildman–Crippen MR) is 98.3 cm³/mol. The number of phenols is 1. The van der Waals surface area contributed by atoms with Crippen LogP contribution < -0.4 is 29.6 Å². The molecule has 3 aromatic rings. The normalized spacial score (nSPS) is 11.9. The van der Waals surface area contributed by atoms with Crippen LogP contribution in [0.3, 0.4) is 0 Å². The Labute approximate surface area is 180 Å². The fourth-order valence-electron chi connectivity index (χ4n) is 2.71. The van der Waals surface area contributed by atoms with Gasteiger partial charge in [0.2, 0.25) is 0 Å². The van der Waals surface area contributed by atoms with E-state index >= 15 is 0 Å². The Balaban J connectivity index is 0.00000261.